The topological polar surface area (TPSA) is 73.1 Å². The van der Waals surface area contributed by atoms with Crippen LogP contribution in [0.1, 0.15) is 83.9 Å². The van der Waals surface area contributed by atoms with Crippen LogP contribution in [-0.2, 0) is 4.74 Å². The number of aromatic hydroxyl groups is 2. The summed E-state index contributed by atoms with van der Waals surface area (Å²) >= 11 is 0. The molecule has 220 valence electrons. The predicted molar refractivity (Wildman–Crippen MR) is 166 cm³/mol. The van der Waals surface area contributed by atoms with Crippen molar-refractivity contribution in [2.75, 3.05) is 13.7 Å². The lowest BCUT2D eigenvalue weighted by Gasteiger charge is -2.44. The monoisotopic (exact) mass is 575 g/mol. The standard InChI is InChI=1S/C34H45NO5Si/c1-20(2)41(21(3)4,22(5)6)40-25-15-16-26-28(18-25)39-34(7,8)27-17-23(19-38-9)29-31(30(26)27)33(37)35(32(29)36)24-13-11-10-12-14-24/h10-18,20-23,30,36-37H,19H2,1-9H3/t23-,30-/m0/s1. The molecule has 0 amide bonds. The van der Waals surface area contributed by atoms with Crippen LogP contribution in [0.25, 0.3) is 5.69 Å². The first-order chi connectivity index (χ1) is 19.3. The lowest BCUT2D eigenvalue weighted by Crippen LogP contribution is -2.50. The molecule has 1 aliphatic carbocycles. The van der Waals surface area contributed by atoms with Gasteiger partial charge in [-0.05, 0) is 54.2 Å². The van der Waals surface area contributed by atoms with Crippen molar-refractivity contribution in [3.8, 4) is 28.9 Å². The second-order valence-corrected chi connectivity index (χ2v) is 18.4. The molecule has 2 atom stereocenters. The van der Waals surface area contributed by atoms with Gasteiger partial charge in [-0.25, -0.2) is 0 Å². The van der Waals surface area contributed by atoms with Crippen LogP contribution in [0.2, 0.25) is 16.6 Å². The lowest BCUT2D eigenvalue weighted by atomic mass is 9.69. The van der Waals surface area contributed by atoms with Crippen molar-refractivity contribution < 1.29 is 24.1 Å². The molecule has 0 spiro atoms. The highest BCUT2D eigenvalue weighted by Gasteiger charge is 2.49. The van der Waals surface area contributed by atoms with E-state index >= 15 is 0 Å². The molecular weight excluding hydrogens is 530 g/mol. The predicted octanol–water partition coefficient (Wildman–Crippen LogP) is 8.42. The Bertz CT molecular complexity index is 1430. The van der Waals surface area contributed by atoms with Crippen LogP contribution in [0.3, 0.4) is 0 Å². The third-order valence-electron chi connectivity index (χ3n) is 9.27. The van der Waals surface area contributed by atoms with Gasteiger partial charge in [-0.2, -0.15) is 0 Å². The largest absolute Gasteiger partial charge is 0.543 e. The maximum atomic E-state index is 11.8. The first kappa shape index (κ1) is 29.3. The summed E-state index contributed by atoms with van der Waals surface area (Å²) in [6, 6.07) is 15.6. The van der Waals surface area contributed by atoms with E-state index in [1.807, 2.05) is 36.4 Å². The molecule has 3 aromatic rings. The molecule has 1 aliphatic heterocycles. The molecule has 0 radical (unpaired) electrons. The fourth-order valence-electron chi connectivity index (χ4n) is 7.58. The second-order valence-electron chi connectivity index (χ2n) is 13.0. The number of hydrogen-bond donors (Lipinski definition) is 2. The van der Waals surface area contributed by atoms with Crippen molar-refractivity contribution in [2.24, 2.45) is 0 Å². The molecule has 0 saturated carbocycles. The number of hydrogen-bond acceptors (Lipinski definition) is 5. The zero-order valence-electron chi connectivity index (χ0n) is 25.9. The quantitative estimate of drug-likeness (QED) is 0.208. The number of benzene rings is 2. The van der Waals surface area contributed by atoms with E-state index in [0.29, 0.717) is 40.0 Å². The molecule has 2 aliphatic rings. The fraction of sp³-hybridized carbons (Fsp3) is 0.471. The molecular formula is C34H45NO5Si. The van der Waals surface area contributed by atoms with Gasteiger partial charge in [0.05, 0.1) is 12.3 Å². The van der Waals surface area contributed by atoms with E-state index in [-0.39, 0.29) is 23.6 Å². The van der Waals surface area contributed by atoms with Crippen LogP contribution in [0.15, 0.2) is 60.2 Å². The Morgan fingerprint density at radius 3 is 2.10 bits per heavy atom. The molecule has 2 heterocycles. The summed E-state index contributed by atoms with van der Waals surface area (Å²) < 4.78 is 20.8. The smallest absolute Gasteiger partial charge is 0.258 e. The van der Waals surface area contributed by atoms with E-state index < -0.39 is 13.9 Å². The zero-order chi connectivity index (χ0) is 29.9. The van der Waals surface area contributed by atoms with Gasteiger partial charge in [0.25, 0.3) is 8.32 Å². The molecule has 0 saturated heterocycles. The summed E-state index contributed by atoms with van der Waals surface area (Å²) in [6.07, 6.45) is 2.16. The molecule has 0 bridgehead atoms. The number of para-hydroxylation sites is 1. The number of fused-ring (bicyclic) bond motifs is 5. The SMILES string of the molecule is COC[C@@H]1C=C2[C@H](c3ccc(O[Si](C(C)C)(C(C)C)C(C)C)cc3OC2(C)C)c2c1c(O)n(-c1ccccc1)c2O. The van der Waals surface area contributed by atoms with Gasteiger partial charge < -0.3 is 24.1 Å². The number of methoxy groups -OCH3 is 1. The molecule has 2 N–H and O–H groups in total. The van der Waals surface area contributed by atoms with Crippen molar-refractivity contribution in [2.45, 2.75) is 89.5 Å². The van der Waals surface area contributed by atoms with E-state index in [1.54, 1.807) is 7.11 Å². The first-order valence-corrected chi connectivity index (χ1v) is 16.9. The van der Waals surface area contributed by atoms with Gasteiger partial charge in [-0.15, -0.1) is 0 Å². The molecule has 6 nitrogen and oxygen atoms in total. The molecule has 41 heavy (non-hydrogen) atoms. The van der Waals surface area contributed by atoms with Crippen molar-refractivity contribution in [1.29, 1.82) is 0 Å². The number of ether oxygens (including phenoxy) is 2. The highest BCUT2D eigenvalue weighted by molar-refractivity contribution is 6.78. The molecule has 7 heteroatoms. The third-order valence-corrected chi connectivity index (χ3v) is 15.3. The van der Waals surface area contributed by atoms with Crippen LogP contribution in [-0.4, -0.2) is 42.4 Å². The molecule has 0 fully saturated rings. The maximum Gasteiger partial charge on any atom is 0.258 e. The first-order valence-electron chi connectivity index (χ1n) is 14.8. The minimum Gasteiger partial charge on any atom is -0.543 e. The van der Waals surface area contributed by atoms with Gasteiger partial charge in [0.15, 0.2) is 0 Å². The molecule has 1 aromatic heterocycles. The Kier molecular flexibility index (Phi) is 7.58. The fourth-order valence-corrected chi connectivity index (χ4v) is 12.8. The number of nitrogens with zero attached hydrogens (tertiary/aromatic N) is 1. The van der Waals surface area contributed by atoms with E-state index in [1.165, 1.54) is 4.57 Å². The van der Waals surface area contributed by atoms with Crippen LogP contribution in [0, 0.1) is 0 Å². The number of aromatic nitrogens is 1. The van der Waals surface area contributed by atoms with E-state index in [4.69, 9.17) is 13.9 Å². The average molecular weight is 576 g/mol. The van der Waals surface area contributed by atoms with E-state index in [9.17, 15) is 10.2 Å². The lowest BCUT2D eigenvalue weighted by molar-refractivity contribution is 0.124. The summed E-state index contributed by atoms with van der Waals surface area (Å²) in [6.45, 7) is 18.2. The van der Waals surface area contributed by atoms with Crippen LogP contribution in [0.4, 0.5) is 0 Å². The summed E-state index contributed by atoms with van der Waals surface area (Å²) in [5, 5.41) is 23.4. The van der Waals surface area contributed by atoms with Crippen molar-refractivity contribution in [3.63, 3.8) is 0 Å². The maximum absolute atomic E-state index is 11.8. The van der Waals surface area contributed by atoms with E-state index in [0.717, 1.165) is 22.6 Å². The average Bonchev–Trinajstić information content (AvgIpc) is 3.17. The Hall–Kier alpha value is -3.16. The summed E-state index contributed by atoms with van der Waals surface area (Å²) in [5.74, 6) is 1.12. The van der Waals surface area contributed by atoms with Crippen LogP contribution >= 0.6 is 0 Å². The van der Waals surface area contributed by atoms with Crippen molar-refractivity contribution in [3.05, 3.63) is 76.9 Å². The van der Waals surface area contributed by atoms with E-state index in [2.05, 4.69) is 73.6 Å². The van der Waals surface area contributed by atoms with Crippen molar-refractivity contribution in [1.82, 2.24) is 4.57 Å². The van der Waals surface area contributed by atoms with Gasteiger partial charge in [0, 0.05) is 41.7 Å². The Morgan fingerprint density at radius 2 is 1.51 bits per heavy atom. The Morgan fingerprint density at radius 1 is 0.902 bits per heavy atom. The van der Waals surface area contributed by atoms with Gasteiger partial charge in [-0.3, -0.25) is 4.57 Å². The minimum atomic E-state index is -2.17. The Balaban J connectivity index is 1.69. The highest BCUT2D eigenvalue weighted by Crippen LogP contribution is 2.58. The number of rotatable bonds is 8. The minimum absolute atomic E-state index is 0.0356. The molecule has 0 unspecified atom stereocenters. The molecule has 2 aromatic carbocycles. The summed E-state index contributed by atoms with van der Waals surface area (Å²) in [4.78, 5) is 0. The summed E-state index contributed by atoms with van der Waals surface area (Å²) in [7, 11) is -0.511. The van der Waals surface area contributed by atoms with Gasteiger partial charge in [0.1, 0.15) is 17.1 Å². The Labute approximate surface area is 245 Å². The second kappa shape index (κ2) is 10.6. The van der Waals surface area contributed by atoms with Gasteiger partial charge in [-0.1, -0.05) is 71.9 Å². The summed E-state index contributed by atoms with van der Waals surface area (Å²) in [5.41, 5.74) is 4.77. The van der Waals surface area contributed by atoms with Crippen LogP contribution < -0.4 is 9.16 Å². The normalized spacial score (nSPS) is 19.5. The van der Waals surface area contributed by atoms with Gasteiger partial charge >= 0.3 is 0 Å². The zero-order valence-corrected chi connectivity index (χ0v) is 26.9. The van der Waals surface area contributed by atoms with Crippen LogP contribution in [0.5, 0.6) is 23.3 Å². The molecule has 5 rings (SSSR count). The van der Waals surface area contributed by atoms with Crippen molar-refractivity contribution >= 4 is 8.32 Å². The highest BCUT2D eigenvalue weighted by atomic mass is 28.4. The van der Waals surface area contributed by atoms with Gasteiger partial charge in [0.2, 0.25) is 11.8 Å². The third kappa shape index (κ3) is 4.58.